The van der Waals surface area contributed by atoms with Gasteiger partial charge in [-0.2, -0.15) is 0 Å². The van der Waals surface area contributed by atoms with Crippen molar-refractivity contribution in [3.05, 3.63) is 29.3 Å². The van der Waals surface area contributed by atoms with Crippen LogP contribution in [0.5, 0.6) is 5.75 Å². The van der Waals surface area contributed by atoms with Gasteiger partial charge in [-0.15, -0.1) is 0 Å². The van der Waals surface area contributed by atoms with E-state index in [2.05, 4.69) is 36.9 Å². The molecule has 0 aromatic heterocycles. The maximum atomic E-state index is 5.92. The van der Waals surface area contributed by atoms with Crippen LogP contribution in [0.3, 0.4) is 0 Å². The number of ether oxygens (including phenoxy) is 2. The monoisotopic (exact) mass is 289 g/mol. The van der Waals surface area contributed by atoms with Crippen LogP contribution in [0.1, 0.15) is 37.8 Å². The minimum atomic E-state index is 0.353. The lowest BCUT2D eigenvalue weighted by Gasteiger charge is -2.35. The highest BCUT2D eigenvalue weighted by Crippen LogP contribution is 2.26. The Hall–Kier alpha value is -1.06. The Morgan fingerprint density at radius 3 is 2.71 bits per heavy atom. The van der Waals surface area contributed by atoms with Gasteiger partial charge in [-0.3, -0.25) is 4.90 Å². The maximum Gasteiger partial charge on any atom is 0.119 e. The lowest BCUT2D eigenvalue weighted by molar-refractivity contribution is -0.0686. The normalized spacial score (nSPS) is 25.8. The fourth-order valence-electron chi connectivity index (χ4n) is 3.58. The second-order valence-corrected chi connectivity index (χ2v) is 6.50. The smallest absolute Gasteiger partial charge is 0.119 e. The van der Waals surface area contributed by atoms with Gasteiger partial charge in [0.05, 0.1) is 18.8 Å². The summed E-state index contributed by atoms with van der Waals surface area (Å²) in [6, 6.07) is 6.60. The van der Waals surface area contributed by atoms with Crippen molar-refractivity contribution in [2.75, 3.05) is 26.2 Å². The lowest BCUT2D eigenvalue weighted by Crippen LogP contribution is -2.45. The highest BCUT2D eigenvalue weighted by atomic mass is 16.5. The number of fused-ring (bicyclic) bond motifs is 1. The van der Waals surface area contributed by atoms with Gasteiger partial charge in [-0.05, 0) is 62.8 Å². The number of rotatable bonds is 5. The Kier molecular flexibility index (Phi) is 4.81. The summed E-state index contributed by atoms with van der Waals surface area (Å²) in [7, 11) is 0. The zero-order chi connectivity index (χ0) is 14.7. The molecule has 116 valence electrons. The zero-order valence-electron chi connectivity index (χ0n) is 13.3. The zero-order valence-corrected chi connectivity index (χ0v) is 13.3. The average Bonchev–Trinajstić information content (AvgIpc) is 2.90. The third kappa shape index (κ3) is 3.98. The molecule has 0 saturated carbocycles. The number of morpholine rings is 1. The molecule has 0 unspecified atom stereocenters. The first-order chi connectivity index (χ1) is 10.2. The Bertz CT molecular complexity index is 464. The van der Waals surface area contributed by atoms with Crippen LogP contribution >= 0.6 is 0 Å². The van der Waals surface area contributed by atoms with Crippen LogP contribution in [-0.2, 0) is 17.6 Å². The van der Waals surface area contributed by atoms with Crippen LogP contribution in [0, 0.1) is 0 Å². The van der Waals surface area contributed by atoms with Crippen molar-refractivity contribution in [2.24, 2.45) is 0 Å². The fraction of sp³-hybridized carbons (Fsp3) is 0.667. The summed E-state index contributed by atoms with van der Waals surface area (Å²) in [6.45, 7) is 8.31. The van der Waals surface area contributed by atoms with Gasteiger partial charge in [0.2, 0.25) is 0 Å². The lowest BCUT2D eigenvalue weighted by atomic mass is 10.1. The number of hydrogen-bond donors (Lipinski definition) is 0. The van der Waals surface area contributed by atoms with E-state index in [1.807, 2.05) is 0 Å². The molecule has 0 amide bonds. The minimum absolute atomic E-state index is 0.353. The number of nitrogens with zero attached hydrogens (tertiary/aromatic N) is 1. The van der Waals surface area contributed by atoms with Gasteiger partial charge in [-0.1, -0.05) is 6.07 Å². The number of hydrogen-bond acceptors (Lipinski definition) is 3. The topological polar surface area (TPSA) is 21.7 Å². The molecule has 0 N–H and O–H groups in total. The summed E-state index contributed by atoms with van der Waals surface area (Å²) in [5.74, 6) is 1.04. The van der Waals surface area contributed by atoms with Crippen LogP contribution in [0.15, 0.2) is 18.2 Å². The summed E-state index contributed by atoms with van der Waals surface area (Å²) in [6.07, 6.45) is 5.54. The van der Waals surface area contributed by atoms with Crippen LogP contribution in [0.2, 0.25) is 0 Å². The van der Waals surface area contributed by atoms with Gasteiger partial charge in [0.25, 0.3) is 0 Å². The van der Waals surface area contributed by atoms with Crippen LogP contribution in [-0.4, -0.2) is 43.3 Å². The number of benzene rings is 1. The Morgan fingerprint density at radius 2 is 1.90 bits per heavy atom. The van der Waals surface area contributed by atoms with Crippen molar-refractivity contribution >= 4 is 0 Å². The molecule has 1 saturated heterocycles. The predicted molar refractivity (Wildman–Crippen MR) is 85.0 cm³/mol. The van der Waals surface area contributed by atoms with Crippen molar-refractivity contribution in [3.63, 3.8) is 0 Å². The molecular formula is C18H27NO2. The fourth-order valence-corrected chi connectivity index (χ4v) is 3.58. The molecule has 21 heavy (non-hydrogen) atoms. The third-order valence-electron chi connectivity index (χ3n) is 4.45. The Morgan fingerprint density at radius 1 is 1.14 bits per heavy atom. The van der Waals surface area contributed by atoms with Crippen molar-refractivity contribution in [1.29, 1.82) is 0 Å². The highest BCUT2D eigenvalue weighted by Gasteiger charge is 2.21. The summed E-state index contributed by atoms with van der Waals surface area (Å²) in [4.78, 5) is 2.49. The third-order valence-corrected chi connectivity index (χ3v) is 4.45. The molecular weight excluding hydrogens is 262 g/mol. The molecule has 2 aliphatic rings. The van der Waals surface area contributed by atoms with E-state index in [1.165, 1.54) is 30.4 Å². The van der Waals surface area contributed by atoms with Crippen molar-refractivity contribution < 1.29 is 9.47 Å². The SMILES string of the molecule is C[C@@H]1CN(CCCOc2ccc3c(c2)CCC3)C[C@H](C)O1. The van der Waals surface area contributed by atoms with E-state index in [-0.39, 0.29) is 0 Å². The van der Waals surface area contributed by atoms with Gasteiger partial charge in [-0.25, -0.2) is 0 Å². The van der Waals surface area contributed by atoms with E-state index in [0.717, 1.165) is 38.4 Å². The predicted octanol–water partition coefficient (Wildman–Crippen LogP) is 3.05. The maximum absolute atomic E-state index is 5.92. The summed E-state index contributed by atoms with van der Waals surface area (Å²) < 4.78 is 11.7. The van der Waals surface area contributed by atoms with Gasteiger partial charge in [0, 0.05) is 19.6 Å². The largest absolute Gasteiger partial charge is 0.494 e. The molecule has 2 atom stereocenters. The van der Waals surface area contributed by atoms with E-state index in [1.54, 1.807) is 0 Å². The molecule has 1 aliphatic carbocycles. The van der Waals surface area contributed by atoms with Crippen LogP contribution in [0.4, 0.5) is 0 Å². The van der Waals surface area contributed by atoms with E-state index >= 15 is 0 Å². The van der Waals surface area contributed by atoms with Gasteiger partial charge < -0.3 is 9.47 Å². The molecule has 1 aromatic rings. The van der Waals surface area contributed by atoms with Gasteiger partial charge in [0.1, 0.15) is 5.75 Å². The van der Waals surface area contributed by atoms with Gasteiger partial charge in [0.15, 0.2) is 0 Å². The van der Waals surface area contributed by atoms with E-state index < -0.39 is 0 Å². The van der Waals surface area contributed by atoms with Crippen molar-refractivity contribution in [3.8, 4) is 5.75 Å². The molecule has 1 aromatic carbocycles. The molecule has 0 spiro atoms. The molecule has 1 aliphatic heterocycles. The van der Waals surface area contributed by atoms with Crippen LogP contribution < -0.4 is 4.74 Å². The molecule has 3 nitrogen and oxygen atoms in total. The summed E-state index contributed by atoms with van der Waals surface area (Å²) in [5, 5.41) is 0. The summed E-state index contributed by atoms with van der Waals surface area (Å²) in [5.41, 5.74) is 3.00. The van der Waals surface area contributed by atoms with E-state index in [4.69, 9.17) is 9.47 Å². The second kappa shape index (κ2) is 6.80. The standard InChI is InChI=1S/C18H27NO2/c1-14-12-19(13-15(2)21-14)9-4-10-20-18-8-7-16-5-3-6-17(16)11-18/h7-8,11,14-15H,3-6,9-10,12-13H2,1-2H3/t14-,15+. The molecule has 0 bridgehead atoms. The first-order valence-electron chi connectivity index (χ1n) is 8.33. The minimum Gasteiger partial charge on any atom is -0.494 e. The van der Waals surface area contributed by atoms with Crippen molar-refractivity contribution in [1.82, 2.24) is 4.90 Å². The molecule has 0 radical (unpaired) electrons. The first kappa shape index (κ1) is 14.9. The second-order valence-electron chi connectivity index (χ2n) is 6.50. The Labute approximate surface area is 128 Å². The quantitative estimate of drug-likeness (QED) is 0.778. The van der Waals surface area contributed by atoms with Gasteiger partial charge >= 0.3 is 0 Å². The first-order valence-corrected chi connectivity index (χ1v) is 8.33. The molecule has 3 heteroatoms. The number of aryl methyl sites for hydroxylation is 2. The van der Waals surface area contributed by atoms with Crippen LogP contribution in [0.25, 0.3) is 0 Å². The van der Waals surface area contributed by atoms with E-state index in [0.29, 0.717) is 12.2 Å². The summed E-state index contributed by atoms with van der Waals surface area (Å²) >= 11 is 0. The van der Waals surface area contributed by atoms with Crippen molar-refractivity contribution in [2.45, 2.75) is 51.7 Å². The molecule has 1 fully saturated rings. The average molecular weight is 289 g/mol. The Balaban J connectivity index is 1.40. The molecule has 3 rings (SSSR count). The molecule has 1 heterocycles. The highest BCUT2D eigenvalue weighted by molar-refractivity contribution is 5.38. The van der Waals surface area contributed by atoms with E-state index in [9.17, 15) is 0 Å².